The molecule has 0 bridgehead atoms. The maximum atomic E-state index is 10.4. The standard InChI is InChI=1S/C19H25N5O3/c20-19-21-14(9-18(22-19)23-6-2-1-3-7-23)13-8-12(4-5-15(13)25)24-10-16(26)17(27)11-24/h4-5,8-9,16-17,25-27H,1-3,6-7,10-11H2,(H2,20,21,22)/t16-,17-/m0/s1. The molecule has 0 saturated carbocycles. The normalized spacial score (nSPS) is 23.0. The lowest BCUT2D eigenvalue weighted by molar-refractivity contribution is 0.0572. The van der Waals surface area contributed by atoms with Gasteiger partial charge < -0.3 is 30.9 Å². The van der Waals surface area contributed by atoms with Crippen molar-refractivity contribution in [3.05, 3.63) is 24.3 Å². The van der Waals surface area contributed by atoms with Crippen LogP contribution in [0.5, 0.6) is 5.75 Å². The predicted octanol–water partition coefficient (Wildman–Crippen LogP) is 0.963. The van der Waals surface area contributed by atoms with Gasteiger partial charge in [0.25, 0.3) is 0 Å². The van der Waals surface area contributed by atoms with E-state index in [9.17, 15) is 15.3 Å². The van der Waals surface area contributed by atoms with E-state index in [1.807, 2.05) is 17.0 Å². The number of aliphatic hydroxyl groups is 2. The summed E-state index contributed by atoms with van der Waals surface area (Å²) in [6.07, 6.45) is 1.92. The number of hydrogen-bond acceptors (Lipinski definition) is 8. The number of phenolic OH excluding ortho intramolecular Hbond substituents is 1. The van der Waals surface area contributed by atoms with Crippen LogP contribution in [0.4, 0.5) is 17.5 Å². The zero-order valence-electron chi connectivity index (χ0n) is 15.1. The third-order valence-electron chi connectivity index (χ3n) is 5.29. The van der Waals surface area contributed by atoms with Gasteiger partial charge >= 0.3 is 0 Å². The number of rotatable bonds is 3. The molecule has 5 N–H and O–H groups in total. The second kappa shape index (κ2) is 7.21. The average molecular weight is 371 g/mol. The molecular weight excluding hydrogens is 346 g/mol. The average Bonchev–Trinajstić information content (AvgIpc) is 3.01. The van der Waals surface area contributed by atoms with Gasteiger partial charge in [-0.2, -0.15) is 4.98 Å². The first kappa shape index (κ1) is 17.8. The number of aliphatic hydroxyl groups excluding tert-OH is 2. The SMILES string of the molecule is Nc1nc(-c2cc(N3C[C@H](O)[C@@H](O)C3)ccc2O)cc(N2CCCCC2)n1. The first-order valence-electron chi connectivity index (χ1n) is 9.35. The highest BCUT2D eigenvalue weighted by molar-refractivity contribution is 5.74. The summed E-state index contributed by atoms with van der Waals surface area (Å²) in [6, 6.07) is 7.02. The minimum Gasteiger partial charge on any atom is -0.507 e. The van der Waals surface area contributed by atoms with E-state index < -0.39 is 12.2 Å². The van der Waals surface area contributed by atoms with Gasteiger partial charge in [-0.15, -0.1) is 0 Å². The molecule has 0 spiro atoms. The predicted molar refractivity (Wildman–Crippen MR) is 104 cm³/mol. The van der Waals surface area contributed by atoms with Gasteiger partial charge in [0.15, 0.2) is 0 Å². The van der Waals surface area contributed by atoms with Crippen LogP contribution >= 0.6 is 0 Å². The molecule has 2 atom stereocenters. The van der Waals surface area contributed by atoms with Gasteiger partial charge in [0.05, 0.1) is 17.9 Å². The smallest absolute Gasteiger partial charge is 0.222 e. The van der Waals surface area contributed by atoms with E-state index in [4.69, 9.17) is 5.73 Å². The van der Waals surface area contributed by atoms with Crippen molar-refractivity contribution >= 4 is 17.5 Å². The highest BCUT2D eigenvalue weighted by Gasteiger charge is 2.30. The number of nitrogen functional groups attached to an aromatic ring is 1. The quantitative estimate of drug-likeness (QED) is 0.630. The van der Waals surface area contributed by atoms with Crippen LogP contribution in [-0.2, 0) is 0 Å². The van der Waals surface area contributed by atoms with Crippen LogP contribution in [0.15, 0.2) is 24.3 Å². The van der Waals surface area contributed by atoms with Gasteiger partial charge in [-0.3, -0.25) is 0 Å². The van der Waals surface area contributed by atoms with Gasteiger partial charge in [0.1, 0.15) is 11.6 Å². The number of β-amino-alcohol motifs (C(OH)–C–C–N with tert-alkyl or cyclic N) is 2. The molecule has 1 aromatic heterocycles. The van der Waals surface area contributed by atoms with Crippen molar-refractivity contribution < 1.29 is 15.3 Å². The summed E-state index contributed by atoms with van der Waals surface area (Å²) in [6.45, 7) is 2.56. The summed E-state index contributed by atoms with van der Waals surface area (Å²) < 4.78 is 0. The van der Waals surface area contributed by atoms with E-state index in [0.717, 1.165) is 37.4 Å². The molecule has 0 amide bonds. The van der Waals surface area contributed by atoms with Crippen LogP contribution < -0.4 is 15.5 Å². The van der Waals surface area contributed by atoms with Crippen LogP contribution in [-0.4, -0.2) is 63.7 Å². The summed E-state index contributed by atoms with van der Waals surface area (Å²) in [7, 11) is 0. The molecule has 8 nitrogen and oxygen atoms in total. The Morgan fingerprint density at radius 3 is 2.33 bits per heavy atom. The summed E-state index contributed by atoms with van der Waals surface area (Å²) in [5, 5.41) is 30.0. The Morgan fingerprint density at radius 1 is 0.926 bits per heavy atom. The highest BCUT2D eigenvalue weighted by atomic mass is 16.3. The van der Waals surface area contributed by atoms with Crippen LogP contribution in [0.2, 0.25) is 0 Å². The Morgan fingerprint density at radius 2 is 1.63 bits per heavy atom. The first-order valence-corrected chi connectivity index (χ1v) is 9.35. The number of aromatic hydroxyl groups is 1. The van der Waals surface area contributed by atoms with Crippen molar-refractivity contribution in [1.29, 1.82) is 0 Å². The van der Waals surface area contributed by atoms with E-state index >= 15 is 0 Å². The minimum atomic E-state index is -0.775. The summed E-state index contributed by atoms with van der Waals surface area (Å²) >= 11 is 0. The second-order valence-electron chi connectivity index (χ2n) is 7.26. The zero-order valence-corrected chi connectivity index (χ0v) is 15.1. The van der Waals surface area contributed by atoms with E-state index in [-0.39, 0.29) is 11.7 Å². The molecule has 2 aliphatic heterocycles. The molecule has 2 saturated heterocycles. The van der Waals surface area contributed by atoms with Crippen molar-refractivity contribution in [2.24, 2.45) is 0 Å². The van der Waals surface area contributed by atoms with Crippen molar-refractivity contribution in [2.75, 3.05) is 41.7 Å². The second-order valence-corrected chi connectivity index (χ2v) is 7.26. The number of phenols is 1. The Kier molecular flexibility index (Phi) is 4.75. The number of piperidine rings is 1. The van der Waals surface area contributed by atoms with Crippen LogP contribution in [0, 0.1) is 0 Å². The lowest BCUT2D eigenvalue weighted by atomic mass is 10.1. The zero-order chi connectivity index (χ0) is 19.0. The molecule has 0 radical (unpaired) electrons. The van der Waals surface area contributed by atoms with Crippen molar-refractivity contribution in [1.82, 2.24) is 9.97 Å². The van der Waals surface area contributed by atoms with E-state index in [1.165, 1.54) is 6.42 Å². The van der Waals surface area contributed by atoms with E-state index in [2.05, 4.69) is 14.9 Å². The fourth-order valence-corrected chi connectivity index (χ4v) is 3.78. The number of nitrogens with zero attached hydrogens (tertiary/aromatic N) is 4. The Bertz CT molecular complexity index is 815. The van der Waals surface area contributed by atoms with Gasteiger partial charge in [0, 0.05) is 43.5 Å². The molecule has 0 unspecified atom stereocenters. The minimum absolute atomic E-state index is 0.0988. The Hall–Kier alpha value is -2.58. The summed E-state index contributed by atoms with van der Waals surface area (Å²) in [4.78, 5) is 12.8. The number of hydrogen-bond donors (Lipinski definition) is 4. The van der Waals surface area contributed by atoms with Crippen molar-refractivity contribution in [3.63, 3.8) is 0 Å². The molecule has 2 fully saturated rings. The number of aromatic nitrogens is 2. The molecular formula is C19H25N5O3. The summed E-state index contributed by atoms with van der Waals surface area (Å²) in [5.74, 6) is 1.04. The molecule has 2 aliphatic rings. The molecule has 0 aliphatic carbocycles. The Balaban J connectivity index is 1.68. The Labute approximate surface area is 157 Å². The van der Waals surface area contributed by atoms with Crippen LogP contribution in [0.3, 0.4) is 0 Å². The molecule has 27 heavy (non-hydrogen) atoms. The maximum Gasteiger partial charge on any atom is 0.222 e. The van der Waals surface area contributed by atoms with Crippen molar-refractivity contribution in [3.8, 4) is 17.0 Å². The monoisotopic (exact) mass is 371 g/mol. The van der Waals surface area contributed by atoms with Gasteiger partial charge in [-0.1, -0.05) is 0 Å². The van der Waals surface area contributed by atoms with Crippen molar-refractivity contribution in [2.45, 2.75) is 31.5 Å². The number of benzene rings is 1. The molecule has 2 aromatic rings. The molecule has 8 heteroatoms. The molecule has 1 aromatic carbocycles. The van der Waals surface area contributed by atoms with E-state index in [0.29, 0.717) is 24.3 Å². The molecule has 144 valence electrons. The van der Waals surface area contributed by atoms with Gasteiger partial charge in [-0.05, 0) is 37.5 Å². The third kappa shape index (κ3) is 3.63. The van der Waals surface area contributed by atoms with Gasteiger partial charge in [-0.25, -0.2) is 4.98 Å². The molecule has 4 rings (SSSR count). The van der Waals surface area contributed by atoms with E-state index in [1.54, 1.807) is 12.1 Å². The lowest BCUT2D eigenvalue weighted by Crippen LogP contribution is -2.30. The first-order chi connectivity index (χ1) is 13.0. The molecule has 3 heterocycles. The highest BCUT2D eigenvalue weighted by Crippen LogP contribution is 2.35. The fourth-order valence-electron chi connectivity index (χ4n) is 3.78. The van der Waals surface area contributed by atoms with Crippen LogP contribution in [0.25, 0.3) is 11.3 Å². The lowest BCUT2D eigenvalue weighted by Gasteiger charge is -2.28. The fraction of sp³-hybridized carbons (Fsp3) is 0.474. The third-order valence-corrected chi connectivity index (χ3v) is 5.29. The maximum absolute atomic E-state index is 10.4. The number of nitrogens with two attached hydrogens (primary N) is 1. The van der Waals surface area contributed by atoms with Gasteiger partial charge in [0.2, 0.25) is 5.95 Å². The van der Waals surface area contributed by atoms with Crippen LogP contribution in [0.1, 0.15) is 19.3 Å². The number of anilines is 3. The summed E-state index contributed by atoms with van der Waals surface area (Å²) in [5.41, 5.74) is 7.85. The topological polar surface area (TPSA) is 119 Å². The largest absolute Gasteiger partial charge is 0.507 e.